The van der Waals surface area contributed by atoms with Gasteiger partial charge in [0, 0.05) is 0 Å². The fraction of sp³-hybridized carbons (Fsp3) is 0.741. The third kappa shape index (κ3) is 9.22. The Morgan fingerprint density at radius 2 is 1.42 bits per heavy atom. The quantitative estimate of drug-likeness (QED) is 0.241. The number of rotatable bonds is 15. The topological polar surface area (TPSA) is 55.8 Å². The molecule has 1 N–H and O–H groups in total. The van der Waals surface area contributed by atoms with Crippen molar-refractivity contribution in [3.63, 3.8) is 0 Å². The van der Waals surface area contributed by atoms with Crippen molar-refractivity contribution in [1.29, 1.82) is 0 Å². The van der Waals surface area contributed by atoms with Crippen LogP contribution in [0.25, 0.3) is 0 Å². The molecule has 0 unspecified atom stereocenters. The van der Waals surface area contributed by atoms with Gasteiger partial charge in [-0.25, -0.2) is 0 Å². The molecule has 0 bridgehead atoms. The zero-order chi connectivity index (χ0) is 22.4. The van der Waals surface area contributed by atoms with Crippen molar-refractivity contribution < 1.29 is 19.4 Å². The predicted octanol–water partition coefficient (Wildman–Crippen LogP) is 6.93. The third-order valence-corrected chi connectivity index (χ3v) is 6.55. The lowest BCUT2D eigenvalue weighted by Gasteiger charge is -2.35. The molecular formula is C27H44O4. The Balaban J connectivity index is 1.68. The molecule has 1 aromatic carbocycles. The minimum Gasteiger partial charge on any atom is -0.494 e. The van der Waals surface area contributed by atoms with Gasteiger partial charge < -0.3 is 14.6 Å². The molecule has 0 atom stereocenters. The van der Waals surface area contributed by atoms with Crippen molar-refractivity contribution in [3.8, 4) is 5.75 Å². The minimum atomic E-state index is -0.851. The Kier molecular flexibility index (Phi) is 12.0. The zero-order valence-corrected chi connectivity index (χ0v) is 19.9. The van der Waals surface area contributed by atoms with E-state index < -0.39 is 5.60 Å². The lowest BCUT2D eigenvalue weighted by molar-refractivity contribution is -0.152. The summed E-state index contributed by atoms with van der Waals surface area (Å²) < 4.78 is 11.3. The van der Waals surface area contributed by atoms with Crippen molar-refractivity contribution in [3.05, 3.63) is 29.8 Å². The molecule has 1 fully saturated rings. The molecule has 0 radical (unpaired) electrons. The molecule has 1 aliphatic carbocycles. The van der Waals surface area contributed by atoms with E-state index in [9.17, 15) is 9.90 Å². The molecule has 4 heteroatoms. The Morgan fingerprint density at radius 3 is 2.06 bits per heavy atom. The van der Waals surface area contributed by atoms with E-state index in [2.05, 4.69) is 13.8 Å². The number of esters is 1. The summed E-state index contributed by atoms with van der Waals surface area (Å²) in [5.41, 5.74) is 0.0696. The highest BCUT2D eigenvalue weighted by Gasteiger charge is 2.37. The number of ether oxygens (including phenoxy) is 2. The van der Waals surface area contributed by atoms with Crippen LogP contribution in [0.15, 0.2) is 24.3 Å². The Morgan fingerprint density at radius 1 is 0.871 bits per heavy atom. The number of hydrogen-bond acceptors (Lipinski definition) is 4. The van der Waals surface area contributed by atoms with Crippen LogP contribution in [0.3, 0.4) is 0 Å². The minimum absolute atomic E-state index is 0.0777. The van der Waals surface area contributed by atoms with Gasteiger partial charge in [0.25, 0.3) is 0 Å². The molecule has 0 heterocycles. The lowest BCUT2D eigenvalue weighted by atomic mass is 9.75. The number of hydrogen-bond donors (Lipinski definition) is 1. The number of carbonyl (C=O) groups excluding carboxylic acids is 1. The molecule has 0 aromatic heterocycles. The first kappa shape index (κ1) is 25.7. The lowest BCUT2D eigenvalue weighted by Crippen LogP contribution is -2.34. The van der Waals surface area contributed by atoms with Crippen molar-refractivity contribution >= 4 is 5.97 Å². The molecule has 31 heavy (non-hydrogen) atoms. The summed E-state index contributed by atoms with van der Waals surface area (Å²) in [7, 11) is 0. The predicted molar refractivity (Wildman–Crippen MR) is 126 cm³/mol. The summed E-state index contributed by atoms with van der Waals surface area (Å²) in [5, 5.41) is 11.1. The molecule has 0 aliphatic heterocycles. The van der Waals surface area contributed by atoms with Crippen molar-refractivity contribution in [2.75, 3.05) is 13.2 Å². The average molecular weight is 433 g/mol. The highest BCUT2D eigenvalue weighted by molar-refractivity contribution is 5.72. The van der Waals surface area contributed by atoms with Crippen LogP contribution < -0.4 is 4.74 Å². The fourth-order valence-corrected chi connectivity index (χ4v) is 4.37. The molecule has 1 saturated carbocycles. The standard InChI is InChI=1S/C27H44O4/c1-3-5-7-9-10-12-22-31-26(28)23-17-19-27(29,20-18-23)24-13-15-25(16-14-24)30-21-11-8-6-4-2/h13-16,23,29H,3-12,17-22H2,1-2H3. The molecule has 2 rings (SSSR count). The normalized spacial score (nSPS) is 21.1. The molecule has 0 saturated heterocycles. The number of carbonyl (C=O) groups is 1. The van der Waals surface area contributed by atoms with Crippen molar-refractivity contribution in [2.24, 2.45) is 5.92 Å². The summed E-state index contributed by atoms with van der Waals surface area (Å²) in [5.74, 6) is 0.698. The Hall–Kier alpha value is -1.55. The second kappa shape index (κ2) is 14.5. The zero-order valence-electron chi connectivity index (χ0n) is 19.9. The van der Waals surface area contributed by atoms with Gasteiger partial charge in [-0.3, -0.25) is 4.79 Å². The van der Waals surface area contributed by atoms with Crippen LogP contribution in [0, 0.1) is 5.92 Å². The van der Waals surface area contributed by atoms with Gasteiger partial charge in [-0.05, 0) is 56.2 Å². The smallest absolute Gasteiger partial charge is 0.308 e. The highest BCUT2D eigenvalue weighted by atomic mass is 16.5. The number of aliphatic hydroxyl groups is 1. The first-order valence-electron chi connectivity index (χ1n) is 12.7. The van der Waals surface area contributed by atoms with E-state index in [-0.39, 0.29) is 11.9 Å². The maximum atomic E-state index is 12.4. The van der Waals surface area contributed by atoms with Crippen LogP contribution in [0.2, 0.25) is 0 Å². The van der Waals surface area contributed by atoms with Gasteiger partial charge in [-0.1, -0.05) is 77.3 Å². The molecule has 176 valence electrons. The highest BCUT2D eigenvalue weighted by Crippen LogP contribution is 2.40. The second-order valence-electron chi connectivity index (χ2n) is 9.17. The van der Waals surface area contributed by atoms with Gasteiger partial charge in [-0.15, -0.1) is 0 Å². The SMILES string of the molecule is CCCCCCCCOC(=O)C1CCC(O)(c2ccc(OCCCCCC)cc2)CC1. The van der Waals surface area contributed by atoms with Gasteiger partial charge in [0.1, 0.15) is 5.75 Å². The summed E-state index contributed by atoms with van der Waals surface area (Å²) in [6, 6.07) is 7.85. The largest absolute Gasteiger partial charge is 0.494 e. The summed E-state index contributed by atoms with van der Waals surface area (Å²) >= 11 is 0. The van der Waals surface area contributed by atoms with Crippen LogP contribution in [0.4, 0.5) is 0 Å². The monoisotopic (exact) mass is 432 g/mol. The molecule has 4 nitrogen and oxygen atoms in total. The maximum absolute atomic E-state index is 12.4. The molecule has 1 aliphatic rings. The summed E-state index contributed by atoms with van der Waals surface area (Å²) in [4.78, 5) is 12.4. The van der Waals surface area contributed by atoms with Crippen LogP contribution in [0.5, 0.6) is 5.75 Å². The average Bonchev–Trinajstić information content (AvgIpc) is 2.79. The van der Waals surface area contributed by atoms with E-state index in [4.69, 9.17) is 9.47 Å². The van der Waals surface area contributed by atoms with Crippen molar-refractivity contribution in [1.82, 2.24) is 0 Å². The third-order valence-electron chi connectivity index (χ3n) is 6.55. The van der Waals surface area contributed by atoms with Gasteiger partial charge in [0.15, 0.2) is 0 Å². The van der Waals surface area contributed by atoms with Crippen LogP contribution in [0.1, 0.15) is 109 Å². The van der Waals surface area contributed by atoms with Crippen molar-refractivity contribution in [2.45, 2.75) is 109 Å². The molecule has 0 spiro atoms. The van der Waals surface area contributed by atoms with Crippen LogP contribution in [-0.4, -0.2) is 24.3 Å². The number of benzene rings is 1. The fourth-order valence-electron chi connectivity index (χ4n) is 4.37. The van der Waals surface area contributed by atoms with Gasteiger partial charge in [0.2, 0.25) is 0 Å². The van der Waals surface area contributed by atoms with Gasteiger partial charge in [-0.2, -0.15) is 0 Å². The summed E-state index contributed by atoms with van der Waals surface area (Å²) in [6.07, 6.45) is 14.5. The molecular weight excluding hydrogens is 388 g/mol. The Labute approximate surface area is 189 Å². The van der Waals surface area contributed by atoms with E-state index in [0.717, 1.165) is 37.2 Å². The van der Waals surface area contributed by atoms with E-state index in [1.165, 1.54) is 44.9 Å². The van der Waals surface area contributed by atoms with E-state index in [1.54, 1.807) is 0 Å². The molecule has 1 aromatic rings. The number of unbranched alkanes of at least 4 members (excludes halogenated alkanes) is 8. The summed E-state index contributed by atoms with van der Waals surface area (Å²) in [6.45, 7) is 5.70. The van der Waals surface area contributed by atoms with E-state index >= 15 is 0 Å². The first-order chi connectivity index (χ1) is 15.1. The van der Waals surface area contributed by atoms with Gasteiger partial charge in [0.05, 0.1) is 24.7 Å². The maximum Gasteiger partial charge on any atom is 0.308 e. The Bertz CT molecular complexity index is 602. The first-order valence-corrected chi connectivity index (χ1v) is 12.7. The second-order valence-corrected chi connectivity index (χ2v) is 9.17. The molecule has 0 amide bonds. The van der Waals surface area contributed by atoms with E-state index in [1.807, 2.05) is 24.3 Å². The van der Waals surface area contributed by atoms with Crippen LogP contribution in [-0.2, 0) is 15.1 Å². The van der Waals surface area contributed by atoms with Crippen LogP contribution >= 0.6 is 0 Å². The van der Waals surface area contributed by atoms with E-state index in [0.29, 0.717) is 32.3 Å². The van der Waals surface area contributed by atoms with Gasteiger partial charge >= 0.3 is 5.97 Å².